The molecule has 26 heavy (non-hydrogen) atoms. The zero-order valence-corrected chi connectivity index (χ0v) is 14.8. The lowest BCUT2D eigenvalue weighted by molar-refractivity contribution is -0.138. The average molecular weight is 352 g/mol. The van der Waals surface area contributed by atoms with Gasteiger partial charge in [0.15, 0.2) is 5.60 Å². The summed E-state index contributed by atoms with van der Waals surface area (Å²) in [6.07, 6.45) is 3.76. The van der Waals surface area contributed by atoms with E-state index in [1.807, 2.05) is 32.9 Å². The first-order chi connectivity index (χ1) is 12.4. The molecule has 0 aromatic heterocycles. The highest BCUT2D eigenvalue weighted by molar-refractivity contribution is 5.66. The zero-order chi connectivity index (χ0) is 18.9. The van der Waals surface area contributed by atoms with Crippen LogP contribution in [0.1, 0.15) is 31.9 Å². The number of hydrogen-bond acceptors (Lipinski definition) is 5. The SMILES string of the molecule is C/C=C\C(=C(C)C)C1(OC=O)c2ccc(O)cc2Oc2cc(O)ccc21. The second-order valence-electron chi connectivity index (χ2n) is 6.27. The fourth-order valence-electron chi connectivity index (χ4n) is 3.39. The molecule has 0 amide bonds. The van der Waals surface area contributed by atoms with E-state index in [9.17, 15) is 15.0 Å². The number of fused-ring (bicyclic) bond motifs is 2. The number of aromatic hydroxyl groups is 2. The van der Waals surface area contributed by atoms with Crippen molar-refractivity contribution in [3.8, 4) is 23.0 Å². The van der Waals surface area contributed by atoms with Gasteiger partial charge in [0, 0.05) is 28.8 Å². The molecule has 134 valence electrons. The van der Waals surface area contributed by atoms with E-state index in [4.69, 9.17) is 9.47 Å². The second kappa shape index (κ2) is 6.59. The first-order valence-corrected chi connectivity index (χ1v) is 8.21. The quantitative estimate of drug-likeness (QED) is 0.624. The number of hydrogen-bond donors (Lipinski definition) is 2. The number of carbonyl (C=O) groups is 1. The minimum Gasteiger partial charge on any atom is -0.508 e. The van der Waals surface area contributed by atoms with E-state index >= 15 is 0 Å². The lowest BCUT2D eigenvalue weighted by atomic mass is 9.75. The molecule has 0 aliphatic carbocycles. The molecule has 0 bridgehead atoms. The standard InChI is InChI=1S/C21H20O5/c1-4-5-16(13(2)3)21(25-12-22)17-8-6-14(23)10-19(17)26-20-11-15(24)7-9-18(20)21/h4-12,23-24H,1-3H3/b5-4-. The van der Waals surface area contributed by atoms with Gasteiger partial charge >= 0.3 is 0 Å². The maximum absolute atomic E-state index is 11.6. The summed E-state index contributed by atoms with van der Waals surface area (Å²) in [7, 11) is 0. The molecule has 5 nitrogen and oxygen atoms in total. The summed E-state index contributed by atoms with van der Waals surface area (Å²) < 4.78 is 11.6. The second-order valence-corrected chi connectivity index (χ2v) is 6.27. The predicted molar refractivity (Wildman–Crippen MR) is 97.4 cm³/mol. The Morgan fingerprint density at radius 1 is 1.04 bits per heavy atom. The molecule has 0 atom stereocenters. The summed E-state index contributed by atoms with van der Waals surface area (Å²) in [4.78, 5) is 11.6. The smallest absolute Gasteiger partial charge is 0.294 e. The van der Waals surface area contributed by atoms with Crippen molar-refractivity contribution in [3.05, 3.63) is 70.8 Å². The van der Waals surface area contributed by atoms with Crippen LogP contribution >= 0.6 is 0 Å². The van der Waals surface area contributed by atoms with Crippen LogP contribution < -0.4 is 4.74 Å². The van der Waals surface area contributed by atoms with Gasteiger partial charge in [0.1, 0.15) is 23.0 Å². The Kier molecular flexibility index (Phi) is 4.47. The molecule has 3 rings (SSSR count). The Balaban J connectivity index is 2.46. The van der Waals surface area contributed by atoms with E-state index in [2.05, 4.69) is 0 Å². The lowest BCUT2D eigenvalue weighted by Crippen LogP contribution is -2.36. The maximum Gasteiger partial charge on any atom is 0.294 e. The van der Waals surface area contributed by atoms with E-state index in [0.29, 0.717) is 29.1 Å². The van der Waals surface area contributed by atoms with Gasteiger partial charge in [-0.1, -0.05) is 17.7 Å². The van der Waals surface area contributed by atoms with Gasteiger partial charge in [-0.15, -0.1) is 0 Å². The molecule has 0 radical (unpaired) electrons. The van der Waals surface area contributed by atoms with Gasteiger partial charge in [0.2, 0.25) is 0 Å². The van der Waals surface area contributed by atoms with Crippen molar-refractivity contribution in [2.75, 3.05) is 0 Å². The van der Waals surface area contributed by atoms with Crippen LogP contribution in [0.2, 0.25) is 0 Å². The first kappa shape index (κ1) is 17.6. The number of carbonyl (C=O) groups excluding carboxylic acids is 1. The van der Waals surface area contributed by atoms with Crippen molar-refractivity contribution >= 4 is 6.47 Å². The van der Waals surface area contributed by atoms with Crippen LogP contribution in [0.3, 0.4) is 0 Å². The third kappa shape index (κ3) is 2.62. The Labute approximate surface area is 151 Å². The molecule has 2 aromatic rings. The first-order valence-electron chi connectivity index (χ1n) is 8.21. The molecule has 5 heteroatoms. The molecule has 0 saturated heterocycles. The Bertz CT molecular complexity index is 868. The normalized spacial score (nSPS) is 14.1. The largest absolute Gasteiger partial charge is 0.508 e. The summed E-state index contributed by atoms with van der Waals surface area (Å²) in [5, 5.41) is 19.8. The molecule has 0 spiro atoms. The van der Waals surface area contributed by atoms with Gasteiger partial charge in [-0.3, -0.25) is 4.79 Å². The maximum atomic E-state index is 11.6. The Morgan fingerprint density at radius 3 is 2.00 bits per heavy atom. The lowest BCUT2D eigenvalue weighted by Gasteiger charge is -2.40. The van der Waals surface area contributed by atoms with Crippen molar-refractivity contribution in [1.82, 2.24) is 0 Å². The van der Waals surface area contributed by atoms with Crippen molar-refractivity contribution in [3.63, 3.8) is 0 Å². The van der Waals surface area contributed by atoms with Gasteiger partial charge in [-0.2, -0.15) is 0 Å². The highest BCUT2D eigenvalue weighted by Gasteiger charge is 2.47. The van der Waals surface area contributed by atoms with Crippen LogP contribution in [-0.2, 0) is 15.1 Å². The van der Waals surface area contributed by atoms with Crippen molar-refractivity contribution in [2.24, 2.45) is 0 Å². The fourth-order valence-corrected chi connectivity index (χ4v) is 3.39. The van der Waals surface area contributed by atoms with E-state index in [1.54, 1.807) is 12.1 Å². The van der Waals surface area contributed by atoms with Crippen LogP contribution in [0.25, 0.3) is 0 Å². The number of ether oxygens (including phenoxy) is 2. The van der Waals surface area contributed by atoms with E-state index in [-0.39, 0.29) is 11.5 Å². The predicted octanol–water partition coefficient (Wildman–Crippen LogP) is 4.53. The Morgan fingerprint density at radius 2 is 1.58 bits per heavy atom. The highest BCUT2D eigenvalue weighted by Crippen LogP contribution is 2.54. The number of benzene rings is 2. The fraction of sp³-hybridized carbons (Fsp3) is 0.190. The van der Waals surface area contributed by atoms with Crippen LogP contribution in [0, 0.1) is 0 Å². The van der Waals surface area contributed by atoms with Crippen molar-refractivity contribution in [2.45, 2.75) is 26.4 Å². The third-order valence-electron chi connectivity index (χ3n) is 4.39. The molecule has 0 unspecified atom stereocenters. The minimum atomic E-state index is -1.25. The number of phenolic OH excluding ortho intramolecular Hbond substituents is 2. The van der Waals surface area contributed by atoms with Gasteiger partial charge < -0.3 is 19.7 Å². The molecule has 0 fully saturated rings. The monoisotopic (exact) mass is 352 g/mol. The zero-order valence-electron chi connectivity index (χ0n) is 14.8. The van der Waals surface area contributed by atoms with Crippen LogP contribution in [0.5, 0.6) is 23.0 Å². The molecule has 1 aliphatic rings. The van der Waals surface area contributed by atoms with Crippen LogP contribution in [-0.4, -0.2) is 16.7 Å². The van der Waals surface area contributed by atoms with E-state index in [0.717, 1.165) is 11.1 Å². The molecule has 1 heterocycles. The van der Waals surface area contributed by atoms with Gasteiger partial charge in [0.25, 0.3) is 6.47 Å². The number of rotatable bonds is 4. The summed E-state index contributed by atoms with van der Waals surface area (Å²) >= 11 is 0. The van der Waals surface area contributed by atoms with Crippen molar-refractivity contribution < 1.29 is 24.5 Å². The summed E-state index contributed by atoms with van der Waals surface area (Å²) in [6.45, 7) is 6.15. The summed E-state index contributed by atoms with van der Waals surface area (Å²) in [5.41, 5.74) is 1.65. The topological polar surface area (TPSA) is 76.0 Å². The molecule has 2 N–H and O–H groups in total. The highest BCUT2D eigenvalue weighted by atomic mass is 16.5. The third-order valence-corrected chi connectivity index (χ3v) is 4.39. The number of allylic oxidation sites excluding steroid dienone is 2. The van der Waals surface area contributed by atoms with Crippen LogP contribution in [0.15, 0.2) is 59.7 Å². The van der Waals surface area contributed by atoms with E-state index in [1.165, 1.54) is 24.3 Å². The van der Waals surface area contributed by atoms with E-state index < -0.39 is 5.60 Å². The van der Waals surface area contributed by atoms with Gasteiger partial charge in [-0.25, -0.2) is 0 Å². The molecular formula is C21H20O5. The minimum absolute atomic E-state index is 0.0251. The Hall–Kier alpha value is -3.21. The molecule has 0 saturated carbocycles. The van der Waals surface area contributed by atoms with Crippen LogP contribution in [0.4, 0.5) is 0 Å². The molecule has 1 aliphatic heterocycles. The summed E-state index contributed by atoms with van der Waals surface area (Å²) in [5.74, 6) is 0.760. The van der Waals surface area contributed by atoms with Crippen molar-refractivity contribution in [1.29, 1.82) is 0 Å². The molecule has 2 aromatic carbocycles. The van der Waals surface area contributed by atoms with Gasteiger partial charge in [-0.05, 0) is 45.0 Å². The number of phenols is 2. The summed E-state index contributed by atoms with van der Waals surface area (Å²) in [6, 6.07) is 9.32. The average Bonchev–Trinajstić information content (AvgIpc) is 2.58. The van der Waals surface area contributed by atoms with Gasteiger partial charge in [0.05, 0.1) is 0 Å². The molecular weight excluding hydrogens is 332 g/mol.